The van der Waals surface area contributed by atoms with Gasteiger partial charge in [-0.15, -0.1) is 11.3 Å². The summed E-state index contributed by atoms with van der Waals surface area (Å²) in [6, 6.07) is 11.3. The Bertz CT molecular complexity index is 1330. The van der Waals surface area contributed by atoms with Gasteiger partial charge in [0.25, 0.3) is 5.91 Å². The van der Waals surface area contributed by atoms with Gasteiger partial charge in [0.05, 0.1) is 9.88 Å². The number of aryl methyl sites for hydroxylation is 1. The lowest BCUT2D eigenvalue weighted by atomic mass is 10.1. The number of aromatic nitrogens is 3. The first-order valence-corrected chi connectivity index (χ1v) is 11.7. The van der Waals surface area contributed by atoms with E-state index in [0.717, 1.165) is 39.4 Å². The number of rotatable bonds is 4. The predicted octanol–water partition coefficient (Wildman–Crippen LogP) is 6.25. The van der Waals surface area contributed by atoms with Gasteiger partial charge in [-0.05, 0) is 56.0 Å². The number of thiazole rings is 1. The van der Waals surface area contributed by atoms with Crippen molar-refractivity contribution in [3.63, 3.8) is 0 Å². The molecule has 0 saturated carbocycles. The Morgan fingerprint density at radius 1 is 1.18 bits per heavy atom. The van der Waals surface area contributed by atoms with Crippen LogP contribution in [0.2, 0.25) is 5.02 Å². The van der Waals surface area contributed by atoms with Crippen LogP contribution in [0.25, 0.3) is 21.8 Å². The lowest BCUT2D eigenvalue weighted by Crippen LogP contribution is -2.31. The zero-order chi connectivity index (χ0) is 23.1. The van der Waals surface area contributed by atoms with E-state index < -0.39 is 0 Å². The molecular formula is C24H20ClFN4O2S. The van der Waals surface area contributed by atoms with Crippen LogP contribution in [0.15, 0.2) is 47.0 Å². The molecule has 0 N–H and O–H groups in total. The average molecular weight is 483 g/mol. The molecule has 168 valence electrons. The highest BCUT2D eigenvalue weighted by Crippen LogP contribution is 2.37. The zero-order valence-corrected chi connectivity index (χ0v) is 19.6. The second-order valence-electron chi connectivity index (χ2n) is 7.94. The topological polar surface area (TPSA) is 72.1 Å². The van der Waals surface area contributed by atoms with E-state index in [1.807, 2.05) is 32.0 Å². The number of nitrogens with zero attached hydrogens (tertiary/aromatic N) is 4. The van der Waals surface area contributed by atoms with Crippen LogP contribution in [0.5, 0.6) is 0 Å². The minimum atomic E-state index is -0.332. The van der Waals surface area contributed by atoms with Crippen molar-refractivity contribution < 1.29 is 13.7 Å². The Morgan fingerprint density at radius 3 is 2.76 bits per heavy atom. The fourth-order valence-corrected chi connectivity index (χ4v) is 5.19. The Kier molecular flexibility index (Phi) is 5.72. The van der Waals surface area contributed by atoms with Gasteiger partial charge in [-0.1, -0.05) is 41.0 Å². The van der Waals surface area contributed by atoms with Gasteiger partial charge in [-0.3, -0.25) is 4.79 Å². The molecule has 5 rings (SSSR count). The third kappa shape index (κ3) is 4.05. The van der Waals surface area contributed by atoms with E-state index in [0.29, 0.717) is 29.0 Å². The summed E-state index contributed by atoms with van der Waals surface area (Å²) in [6.45, 7) is 4.32. The normalized spacial score (nSPS) is 15.9. The Morgan fingerprint density at radius 2 is 1.97 bits per heavy atom. The molecule has 2 aromatic heterocycles. The summed E-state index contributed by atoms with van der Waals surface area (Å²) < 4.78 is 19.0. The quantitative estimate of drug-likeness (QED) is 0.344. The van der Waals surface area contributed by atoms with Crippen LogP contribution in [-0.4, -0.2) is 32.5 Å². The van der Waals surface area contributed by atoms with E-state index in [4.69, 9.17) is 16.1 Å². The van der Waals surface area contributed by atoms with E-state index in [1.165, 1.54) is 23.5 Å². The molecule has 1 aliphatic rings. The van der Waals surface area contributed by atoms with Crippen LogP contribution in [0.4, 0.5) is 4.39 Å². The number of benzene rings is 2. The standard InChI is InChI=1S/C24H20ClFN4O2S/c1-13-17(5-3-6-18(13)25)22-28-23(32-29-22)19-7-4-12-30(19)24(31)20-21(33-14(2)27-20)15-8-10-16(26)11-9-15/h3,5-6,8-11,19H,4,7,12H2,1-2H3. The van der Waals surface area contributed by atoms with Crippen molar-refractivity contribution in [3.05, 3.63) is 75.5 Å². The van der Waals surface area contributed by atoms with E-state index in [9.17, 15) is 9.18 Å². The molecular weight excluding hydrogens is 463 g/mol. The molecule has 1 atom stereocenters. The van der Waals surface area contributed by atoms with Gasteiger partial charge in [0.2, 0.25) is 11.7 Å². The molecule has 3 heterocycles. The molecule has 1 aliphatic heterocycles. The third-order valence-corrected chi connectivity index (χ3v) is 7.22. The molecule has 0 spiro atoms. The lowest BCUT2D eigenvalue weighted by molar-refractivity contribution is 0.0705. The Labute approximate surface area is 199 Å². The smallest absolute Gasteiger partial charge is 0.274 e. The first-order chi connectivity index (χ1) is 15.9. The van der Waals surface area contributed by atoms with Crippen molar-refractivity contribution >= 4 is 28.8 Å². The summed E-state index contributed by atoms with van der Waals surface area (Å²) in [5.41, 5.74) is 2.79. The summed E-state index contributed by atoms with van der Waals surface area (Å²) >= 11 is 7.66. The van der Waals surface area contributed by atoms with Crippen LogP contribution in [-0.2, 0) is 0 Å². The van der Waals surface area contributed by atoms with Crippen LogP contribution in [0.3, 0.4) is 0 Å². The van der Waals surface area contributed by atoms with Crippen LogP contribution in [0.1, 0.15) is 45.8 Å². The molecule has 33 heavy (non-hydrogen) atoms. The van der Waals surface area contributed by atoms with Crippen molar-refractivity contribution in [3.8, 4) is 21.8 Å². The highest BCUT2D eigenvalue weighted by atomic mass is 35.5. The number of carbonyl (C=O) groups excluding carboxylic acids is 1. The number of hydrogen-bond donors (Lipinski definition) is 0. The highest BCUT2D eigenvalue weighted by molar-refractivity contribution is 7.15. The van der Waals surface area contributed by atoms with E-state index >= 15 is 0 Å². The summed E-state index contributed by atoms with van der Waals surface area (Å²) in [7, 11) is 0. The molecule has 1 amide bonds. The fraction of sp³-hybridized carbons (Fsp3) is 0.250. The summed E-state index contributed by atoms with van der Waals surface area (Å²) in [5.74, 6) is 0.320. The minimum Gasteiger partial charge on any atom is -0.337 e. The van der Waals surface area contributed by atoms with Gasteiger partial charge in [0, 0.05) is 17.1 Å². The van der Waals surface area contributed by atoms with Gasteiger partial charge in [-0.2, -0.15) is 4.98 Å². The van der Waals surface area contributed by atoms with Gasteiger partial charge < -0.3 is 9.42 Å². The van der Waals surface area contributed by atoms with Crippen molar-refractivity contribution in [2.75, 3.05) is 6.54 Å². The first kappa shape index (κ1) is 21.7. The van der Waals surface area contributed by atoms with Crippen LogP contribution in [0, 0.1) is 19.7 Å². The van der Waals surface area contributed by atoms with E-state index in [2.05, 4.69) is 15.1 Å². The SMILES string of the molecule is Cc1nc(C(=O)N2CCCC2c2nc(-c3cccc(Cl)c3C)no2)c(-c2ccc(F)cc2)s1. The van der Waals surface area contributed by atoms with Crippen LogP contribution < -0.4 is 0 Å². The first-order valence-electron chi connectivity index (χ1n) is 10.6. The second kappa shape index (κ2) is 8.68. The number of halogens is 2. The molecule has 0 radical (unpaired) electrons. The average Bonchev–Trinajstić information content (AvgIpc) is 3.55. The molecule has 0 bridgehead atoms. The maximum absolute atomic E-state index is 13.6. The molecule has 1 saturated heterocycles. The fourth-order valence-electron chi connectivity index (χ4n) is 4.10. The van der Waals surface area contributed by atoms with Gasteiger partial charge in [0.1, 0.15) is 17.6 Å². The second-order valence-corrected chi connectivity index (χ2v) is 9.55. The maximum atomic E-state index is 13.6. The summed E-state index contributed by atoms with van der Waals surface area (Å²) in [6.07, 6.45) is 1.54. The molecule has 1 unspecified atom stereocenters. The summed E-state index contributed by atoms with van der Waals surface area (Å²) in [4.78, 5) is 25.1. The van der Waals surface area contributed by atoms with Crippen molar-refractivity contribution in [2.24, 2.45) is 0 Å². The van der Waals surface area contributed by atoms with E-state index in [-0.39, 0.29) is 17.8 Å². The number of carbonyl (C=O) groups is 1. The third-order valence-electron chi connectivity index (χ3n) is 5.79. The van der Waals surface area contributed by atoms with Crippen molar-refractivity contribution in [2.45, 2.75) is 32.7 Å². The lowest BCUT2D eigenvalue weighted by Gasteiger charge is -2.21. The largest absolute Gasteiger partial charge is 0.337 e. The number of amides is 1. The molecule has 2 aromatic carbocycles. The van der Waals surface area contributed by atoms with Crippen molar-refractivity contribution in [1.29, 1.82) is 0 Å². The van der Waals surface area contributed by atoms with Gasteiger partial charge in [-0.25, -0.2) is 9.37 Å². The van der Waals surface area contributed by atoms with Crippen LogP contribution >= 0.6 is 22.9 Å². The molecule has 4 aromatic rings. The number of likely N-dealkylation sites (tertiary alicyclic amines) is 1. The Hall–Kier alpha value is -3.10. The van der Waals surface area contributed by atoms with Gasteiger partial charge in [0.15, 0.2) is 0 Å². The Balaban J connectivity index is 1.46. The monoisotopic (exact) mass is 482 g/mol. The molecule has 6 nitrogen and oxygen atoms in total. The zero-order valence-electron chi connectivity index (χ0n) is 18.0. The van der Waals surface area contributed by atoms with E-state index in [1.54, 1.807) is 17.0 Å². The molecule has 9 heteroatoms. The van der Waals surface area contributed by atoms with Gasteiger partial charge >= 0.3 is 0 Å². The highest BCUT2D eigenvalue weighted by Gasteiger charge is 2.36. The maximum Gasteiger partial charge on any atom is 0.274 e. The molecule has 0 aliphatic carbocycles. The predicted molar refractivity (Wildman–Crippen MR) is 125 cm³/mol. The number of hydrogen-bond acceptors (Lipinski definition) is 6. The molecule has 1 fully saturated rings. The van der Waals surface area contributed by atoms with Crippen molar-refractivity contribution in [1.82, 2.24) is 20.0 Å². The summed E-state index contributed by atoms with van der Waals surface area (Å²) in [5, 5.41) is 5.54. The minimum absolute atomic E-state index is 0.195.